The van der Waals surface area contributed by atoms with Gasteiger partial charge in [-0.15, -0.1) is 0 Å². The zero-order valence-electron chi connectivity index (χ0n) is 15.9. The summed E-state index contributed by atoms with van der Waals surface area (Å²) >= 11 is 0. The first-order chi connectivity index (χ1) is 12.3. The van der Waals surface area contributed by atoms with Gasteiger partial charge < -0.3 is 0 Å². The lowest BCUT2D eigenvalue weighted by Gasteiger charge is -2.38. The summed E-state index contributed by atoms with van der Waals surface area (Å²) in [4.78, 5) is 0. The van der Waals surface area contributed by atoms with E-state index in [2.05, 4.69) is 19.1 Å². The Morgan fingerprint density at radius 1 is 0.880 bits per heavy atom. The van der Waals surface area contributed by atoms with Crippen LogP contribution in [0.15, 0.2) is 36.4 Å². The van der Waals surface area contributed by atoms with E-state index in [0.29, 0.717) is 5.92 Å². The van der Waals surface area contributed by atoms with Crippen molar-refractivity contribution in [2.24, 2.45) is 17.8 Å². The van der Waals surface area contributed by atoms with Gasteiger partial charge in [-0.05, 0) is 99.7 Å². The zero-order valence-corrected chi connectivity index (χ0v) is 15.9. The number of unbranched alkanes of at least 4 members (excludes halogenated alkanes) is 1. The molecule has 0 N–H and O–H groups in total. The standard InChI is InChI=1S/C24H35F/c1-2-3-4-5-6-19-7-9-20(10-8-19)21-11-13-22(14-12-21)23-15-17-24(25)18-16-23/h2-3,15-22H,4-14H2,1H3/b3-2-/t19-,20-,21?,22?. The Morgan fingerprint density at radius 3 is 2.08 bits per heavy atom. The van der Waals surface area contributed by atoms with Gasteiger partial charge in [0.25, 0.3) is 0 Å². The first kappa shape index (κ1) is 18.7. The number of allylic oxidation sites excluding steroid dienone is 2. The van der Waals surface area contributed by atoms with Crippen molar-refractivity contribution in [1.82, 2.24) is 0 Å². The van der Waals surface area contributed by atoms with Crippen LogP contribution in [0.5, 0.6) is 0 Å². The second-order valence-corrected chi connectivity index (χ2v) is 8.44. The number of rotatable bonds is 6. The van der Waals surface area contributed by atoms with Gasteiger partial charge in [-0.1, -0.05) is 43.5 Å². The van der Waals surface area contributed by atoms with Gasteiger partial charge >= 0.3 is 0 Å². The highest BCUT2D eigenvalue weighted by atomic mass is 19.1. The van der Waals surface area contributed by atoms with E-state index in [9.17, 15) is 4.39 Å². The minimum atomic E-state index is -0.111. The van der Waals surface area contributed by atoms with Crippen LogP contribution in [0.2, 0.25) is 0 Å². The predicted molar refractivity (Wildman–Crippen MR) is 105 cm³/mol. The molecule has 2 saturated carbocycles. The molecule has 1 aromatic rings. The van der Waals surface area contributed by atoms with E-state index >= 15 is 0 Å². The van der Waals surface area contributed by atoms with Crippen molar-refractivity contribution < 1.29 is 4.39 Å². The van der Waals surface area contributed by atoms with Crippen molar-refractivity contribution in [3.63, 3.8) is 0 Å². The van der Waals surface area contributed by atoms with E-state index in [4.69, 9.17) is 0 Å². The lowest BCUT2D eigenvalue weighted by atomic mass is 9.68. The highest BCUT2D eigenvalue weighted by molar-refractivity contribution is 5.20. The maximum atomic E-state index is 13.1. The number of benzene rings is 1. The first-order valence-corrected chi connectivity index (χ1v) is 10.6. The highest BCUT2D eigenvalue weighted by Crippen LogP contribution is 2.44. The molecule has 2 aliphatic carbocycles. The quantitative estimate of drug-likeness (QED) is 0.368. The summed E-state index contributed by atoms with van der Waals surface area (Å²) in [6, 6.07) is 7.25. The summed E-state index contributed by atoms with van der Waals surface area (Å²) in [5, 5.41) is 0. The van der Waals surface area contributed by atoms with E-state index in [0.717, 1.165) is 17.8 Å². The van der Waals surface area contributed by atoms with Crippen LogP contribution in [0.25, 0.3) is 0 Å². The van der Waals surface area contributed by atoms with Gasteiger partial charge in [0.05, 0.1) is 0 Å². The Bertz CT molecular complexity index is 514. The average molecular weight is 343 g/mol. The van der Waals surface area contributed by atoms with Crippen LogP contribution in [0.3, 0.4) is 0 Å². The summed E-state index contributed by atoms with van der Waals surface area (Å²) < 4.78 is 13.1. The van der Waals surface area contributed by atoms with E-state index in [1.54, 1.807) is 12.1 Å². The summed E-state index contributed by atoms with van der Waals surface area (Å²) in [7, 11) is 0. The second kappa shape index (κ2) is 9.55. The summed E-state index contributed by atoms with van der Waals surface area (Å²) in [6.07, 6.45) is 19.8. The summed E-state index contributed by atoms with van der Waals surface area (Å²) in [6.45, 7) is 2.12. The Labute approximate surface area is 153 Å². The third-order valence-electron chi connectivity index (χ3n) is 6.89. The van der Waals surface area contributed by atoms with E-state index in [1.165, 1.54) is 76.2 Å². The molecule has 0 saturated heterocycles. The number of hydrogen-bond acceptors (Lipinski definition) is 0. The normalized spacial score (nSPS) is 30.6. The highest BCUT2D eigenvalue weighted by Gasteiger charge is 2.31. The smallest absolute Gasteiger partial charge is 0.123 e. The van der Waals surface area contributed by atoms with Crippen LogP contribution < -0.4 is 0 Å². The summed E-state index contributed by atoms with van der Waals surface area (Å²) in [5.41, 5.74) is 1.35. The van der Waals surface area contributed by atoms with Gasteiger partial charge in [-0.2, -0.15) is 0 Å². The van der Waals surface area contributed by atoms with Crippen molar-refractivity contribution in [2.75, 3.05) is 0 Å². The molecule has 0 heterocycles. The maximum absolute atomic E-state index is 13.1. The topological polar surface area (TPSA) is 0 Å². The van der Waals surface area contributed by atoms with Crippen LogP contribution >= 0.6 is 0 Å². The monoisotopic (exact) mass is 342 g/mol. The Kier molecular flexibility index (Phi) is 7.13. The molecular weight excluding hydrogens is 307 g/mol. The molecule has 0 atom stereocenters. The van der Waals surface area contributed by atoms with Crippen LogP contribution in [0.4, 0.5) is 4.39 Å². The van der Waals surface area contributed by atoms with Crippen molar-refractivity contribution in [3.05, 3.63) is 47.8 Å². The largest absolute Gasteiger partial charge is 0.207 e. The zero-order chi connectivity index (χ0) is 17.5. The fourth-order valence-corrected chi connectivity index (χ4v) is 5.30. The van der Waals surface area contributed by atoms with Gasteiger partial charge in [0.15, 0.2) is 0 Å². The molecule has 2 fully saturated rings. The number of hydrogen-bond donors (Lipinski definition) is 0. The lowest BCUT2D eigenvalue weighted by molar-refractivity contribution is 0.156. The van der Waals surface area contributed by atoms with E-state index in [1.807, 2.05) is 12.1 Å². The average Bonchev–Trinajstić information content (AvgIpc) is 2.67. The van der Waals surface area contributed by atoms with Crippen LogP contribution in [0, 0.1) is 23.6 Å². The van der Waals surface area contributed by atoms with E-state index < -0.39 is 0 Å². The molecule has 1 heteroatoms. The van der Waals surface area contributed by atoms with Crippen molar-refractivity contribution in [3.8, 4) is 0 Å². The summed E-state index contributed by atoms with van der Waals surface area (Å²) in [5.74, 6) is 3.50. The minimum absolute atomic E-state index is 0.111. The predicted octanol–water partition coefficient (Wildman–Crippen LogP) is 7.65. The van der Waals surface area contributed by atoms with Gasteiger partial charge in [0, 0.05) is 0 Å². The maximum Gasteiger partial charge on any atom is 0.123 e. The molecule has 25 heavy (non-hydrogen) atoms. The van der Waals surface area contributed by atoms with E-state index in [-0.39, 0.29) is 5.82 Å². The van der Waals surface area contributed by atoms with Crippen molar-refractivity contribution >= 4 is 0 Å². The van der Waals surface area contributed by atoms with Crippen LogP contribution in [-0.4, -0.2) is 0 Å². The molecule has 0 unspecified atom stereocenters. The van der Waals surface area contributed by atoms with Crippen LogP contribution in [-0.2, 0) is 0 Å². The van der Waals surface area contributed by atoms with Gasteiger partial charge in [-0.25, -0.2) is 4.39 Å². The van der Waals surface area contributed by atoms with Crippen molar-refractivity contribution in [2.45, 2.75) is 83.5 Å². The van der Waals surface area contributed by atoms with Crippen LogP contribution in [0.1, 0.15) is 89.0 Å². The van der Waals surface area contributed by atoms with Gasteiger partial charge in [0.2, 0.25) is 0 Å². The minimum Gasteiger partial charge on any atom is -0.207 e. The Balaban J connectivity index is 1.38. The lowest BCUT2D eigenvalue weighted by Crippen LogP contribution is -2.25. The molecule has 138 valence electrons. The van der Waals surface area contributed by atoms with Gasteiger partial charge in [0.1, 0.15) is 5.82 Å². The molecule has 3 rings (SSSR count). The third-order valence-corrected chi connectivity index (χ3v) is 6.89. The molecule has 2 aliphatic rings. The first-order valence-electron chi connectivity index (χ1n) is 10.6. The molecule has 0 bridgehead atoms. The SMILES string of the molecule is C/C=C\CCC[C@H]1CC[C@H](C2CCC(c3ccc(F)cc3)CC2)CC1. The van der Waals surface area contributed by atoms with Gasteiger partial charge in [-0.3, -0.25) is 0 Å². The third kappa shape index (κ3) is 5.43. The van der Waals surface area contributed by atoms with Crippen molar-refractivity contribution in [1.29, 1.82) is 0 Å². The molecule has 0 spiro atoms. The Morgan fingerprint density at radius 2 is 1.48 bits per heavy atom. The molecule has 0 radical (unpaired) electrons. The molecule has 0 nitrogen and oxygen atoms in total. The molecular formula is C24H35F. The number of halogens is 1. The fraction of sp³-hybridized carbons (Fsp3) is 0.667. The molecule has 0 aromatic heterocycles. The molecule has 0 amide bonds. The molecule has 0 aliphatic heterocycles. The second-order valence-electron chi connectivity index (χ2n) is 8.44. The molecule has 1 aromatic carbocycles. The fourth-order valence-electron chi connectivity index (χ4n) is 5.30. The Hall–Kier alpha value is -1.11.